The molecular weight excluding hydrogens is 390 g/mol. The molecule has 0 bridgehead atoms. The van der Waals surface area contributed by atoms with Crippen molar-refractivity contribution >= 4 is 29.1 Å². The molecule has 3 amide bonds. The van der Waals surface area contributed by atoms with E-state index < -0.39 is 11.6 Å². The predicted molar refractivity (Wildman–Crippen MR) is 123 cm³/mol. The van der Waals surface area contributed by atoms with Crippen molar-refractivity contribution in [2.45, 2.75) is 64.5 Å². The van der Waals surface area contributed by atoms with Crippen LogP contribution >= 0.6 is 0 Å². The molecular formula is C25H31N3O3. The third-order valence-corrected chi connectivity index (χ3v) is 5.87. The van der Waals surface area contributed by atoms with Gasteiger partial charge in [0, 0.05) is 18.3 Å². The maximum absolute atomic E-state index is 13.7. The third-order valence-electron chi connectivity index (χ3n) is 5.87. The zero-order valence-electron chi connectivity index (χ0n) is 18.5. The zero-order chi connectivity index (χ0) is 22.4. The first-order valence-corrected chi connectivity index (χ1v) is 10.9. The van der Waals surface area contributed by atoms with Crippen LogP contribution in [-0.4, -0.2) is 29.3 Å². The van der Waals surface area contributed by atoms with Gasteiger partial charge in [0.25, 0.3) is 5.91 Å². The molecule has 6 nitrogen and oxygen atoms in total. The van der Waals surface area contributed by atoms with Gasteiger partial charge in [-0.2, -0.15) is 0 Å². The number of carbonyl (C=O) groups is 3. The van der Waals surface area contributed by atoms with Crippen LogP contribution in [0.1, 0.15) is 51.5 Å². The highest BCUT2D eigenvalue weighted by atomic mass is 16.2. The molecule has 0 spiro atoms. The molecule has 0 aromatic heterocycles. The fourth-order valence-corrected chi connectivity index (χ4v) is 4.30. The molecule has 2 N–H and O–H groups in total. The van der Waals surface area contributed by atoms with E-state index in [1.54, 1.807) is 11.8 Å². The molecule has 1 aliphatic carbocycles. The van der Waals surface area contributed by atoms with Gasteiger partial charge in [-0.3, -0.25) is 19.3 Å². The first-order chi connectivity index (χ1) is 14.8. The number of hydrogen-bond acceptors (Lipinski definition) is 3. The molecule has 1 aliphatic rings. The number of hydrogen-bond donors (Lipinski definition) is 2. The minimum Gasteiger partial charge on any atom is -0.345 e. The lowest BCUT2D eigenvalue weighted by Gasteiger charge is -2.46. The van der Waals surface area contributed by atoms with Crippen molar-refractivity contribution in [1.82, 2.24) is 5.32 Å². The van der Waals surface area contributed by atoms with Gasteiger partial charge in [-0.15, -0.1) is 0 Å². The number of aryl methyl sites for hydroxylation is 1. The van der Waals surface area contributed by atoms with E-state index in [2.05, 4.69) is 10.6 Å². The van der Waals surface area contributed by atoms with E-state index in [0.29, 0.717) is 24.2 Å². The summed E-state index contributed by atoms with van der Waals surface area (Å²) < 4.78 is 0. The van der Waals surface area contributed by atoms with Gasteiger partial charge < -0.3 is 10.6 Å². The largest absolute Gasteiger partial charge is 0.345 e. The predicted octanol–water partition coefficient (Wildman–Crippen LogP) is 4.19. The number of nitrogens with one attached hydrogen (secondary N) is 2. The Morgan fingerprint density at radius 2 is 1.55 bits per heavy atom. The van der Waals surface area contributed by atoms with Gasteiger partial charge in [-0.05, 0) is 51.0 Å². The van der Waals surface area contributed by atoms with Gasteiger partial charge in [0.1, 0.15) is 11.6 Å². The topological polar surface area (TPSA) is 78.5 Å². The highest BCUT2D eigenvalue weighted by Crippen LogP contribution is 2.38. The minimum atomic E-state index is -1.02. The number of nitrogens with zero attached hydrogens (tertiary/aromatic N) is 1. The second kappa shape index (κ2) is 9.77. The molecule has 2 aromatic carbocycles. The van der Waals surface area contributed by atoms with Crippen LogP contribution < -0.4 is 15.5 Å². The number of anilines is 2. The molecule has 1 fully saturated rings. The monoisotopic (exact) mass is 421 g/mol. The summed E-state index contributed by atoms with van der Waals surface area (Å²) in [5, 5.41) is 5.72. The maximum atomic E-state index is 13.7. The van der Waals surface area contributed by atoms with Crippen molar-refractivity contribution in [3.63, 3.8) is 0 Å². The van der Waals surface area contributed by atoms with Crippen molar-refractivity contribution in [1.29, 1.82) is 0 Å². The Balaban J connectivity index is 2.06. The van der Waals surface area contributed by atoms with Crippen molar-refractivity contribution in [3.05, 3.63) is 60.2 Å². The molecule has 0 radical (unpaired) electrons. The second-order valence-corrected chi connectivity index (χ2v) is 8.34. The van der Waals surface area contributed by atoms with Crippen LogP contribution in [0.2, 0.25) is 0 Å². The minimum absolute atomic E-state index is 0.192. The first kappa shape index (κ1) is 22.5. The van der Waals surface area contributed by atoms with E-state index >= 15 is 0 Å². The van der Waals surface area contributed by atoms with E-state index in [0.717, 1.165) is 24.8 Å². The number of carbonyl (C=O) groups excluding carboxylic acids is 3. The Bertz CT molecular complexity index is 919. The maximum Gasteiger partial charge on any atom is 0.250 e. The lowest BCUT2D eigenvalue weighted by atomic mass is 9.78. The first-order valence-electron chi connectivity index (χ1n) is 10.9. The summed E-state index contributed by atoms with van der Waals surface area (Å²) >= 11 is 0. The SMILES string of the molecule is CC(=O)N[C@@H](C)C(=O)N(c1ccc(C)cc1)C1(C(=O)Nc2ccccc2)CCCCC1. The van der Waals surface area contributed by atoms with E-state index in [1.165, 1.54) is 6.92 Å². The number of para-hydroxylation sites is 1. The summed E-state index contributed by atoms with van der Waals surface area (Å²) in [7, 11) is 0. The highest BCUT2D eigenvalue weighted by Gasteiger charge is 2.48. The fraction of sp³-hybridized carbons (Fsp3) is 0.400. The Kier molecular flexibility index (Phi) is 7.10. The Hall–Kier alpha value is -3.15. The highest BCUT2D eigenvalue weighted by molar-refractivity contribution is 6.10. The smallest absolute Gasteiger partial charge is 0.250 e. The zero-order valence-corrected chi connectivity index (χ0v) is 18.5. The molecule has 164 valence electrons. The molecule has 0 unspecified atom stereocenters. The summed E-state index contributed by atoms with van der Waals surface area (Å²) in [6, 6.07) is 16.2. The van der Waals surface area contributed by atoms with Crippen LogP contribution in [0.15, 0.2) is 54.6 Å². The van der Waals surface area contributed by atoms with Gasteiger partial charge in [0.2, 0.25) is 11.8 Å². The molecule has 0 aliphatic heterocycles. The van der Waals surface area contributed by atoms with E-state index in [4.69, 9.17) is 0 Å². The van der Waals surface area contributed by atoms with Crippen LogP contribution in [0.3, 0.4) is 0 Å². The molecule has 6 heteroatoms. The molecule has 31 heavy (non-hydrogen) atoms. The molecule has 0 heterocycles. The van der Waals surface area contributed by atoms with E-state index in [9.17, 15) is 14.4 Å². The summed E-state index contributed by atoms with van der Waals surface area (Å²) in [6.45, 7) is 5.03. The Morgan fingerprint density at radius 1 is 0.935 bits per heavy atom. The standard InChI is InChI=1S/C25H31N3O3/c1-18-12-14-22(15-13-18)28(23(30)19(2)26-20(3)29)25(16-8-5-9-17-25)24(31)27-21-10-6-4-7-11-21/h4,6-7,10-15,19H,5,8-9,16-17H2,1-3H3,(H,26,29)(H,27,31)/t19-/m0/s1. The van der Waals surface area contributed by atoms with Crippen LogP contribution in [-0.2, 0) is 14.4 Å². The Labute approximate surface area is 184 Å². The molecule has 1 saturated carbocycles. The van der Waals surface area contributed by atoms with E-state index in [-0.39, 0.29) is 17.7 Å². The van der Waals surface area contributed by atoms with Crippen LogP contribution in [0.4, 0.5) is 11.4 Å². The average molecular weight is 422 g/mol. The van der Waals surface area contributed by atoms with Gasteiger partial charge in [-0.1, -0.05) is 55.2 Å². The summed E-state index contributed by atoms with van der Waals surface area (Å²) in [6.07, 6.45) is 3.87. The van der Waals surface area contributed by atoms with Gasteiger partial charge in [-0.25, -0.2) is 0 Å². The van der Waals surface area contributed by atoms with Crippen molar-refractivity contribution in [3.8, 4) is 0 Å². The quantitative estimate of drug-likeness (QED) is 0.734. The van der Waals surface area contributed by atoms with E-state index in [1.807, 2.05) is 61.5 Å². The lowest BCUT2D eigenvalue weighted by Crippen LogP contribution is -2.63. The average Bonchev–Trinajstić information content (AvgIpc) is 2.76. The summed E-state index contributed by atoms with van der Waals surface area (Å²) in [5.41, 5.74) is 1.41. The summed E-state index contributed by atoms with van der Waals surface area (Å²) in [4.78, 5) is 40.6. The lowest BCUT2D eigenvalue weighted by molar-refractivity contribution is -0.130. The van der Waals surface area contributed by atoms with Gasteiger partial charge >= 0.3 is 0 Å². The molecule has 3 rings (SSSR count). The fourth-order valence-electron chi connectivity index (χ4n) is 4.30. The van der Waals surface area contributed by atoms with Crippen molar-refractivity contribution in [2.24, 2.45) is 0 Å². The number of benzene rings is 2. The molecule has 0 saturated heterocycles. The van der Waals surface area contributed by atoms with Crippen LogP contribution in [0.5, 0.6) is 0 Å². The Morgan fingerprint density at radius 3 is 2.13 bits per heavy atom. The normalized spacial score (nSPS) is 16.1. The van der Waals surface area contributed by atoms with Crippen LogP contribution in [0.25, 0.3) is 0 Å². The van der Waals surface area contributed by atoms with Crippen molar-refractivity contribution < 1.29 is 14.4 Å². The molecule has 2 aromatic rings. The molecule has 1 atom stereocenters. The van der Waals surface area contributed by atoms with Crippen molar-refractivity contribution in [2.75, 3.05) is 10.2 Å². The van der Waals surface area contributed by atoms with Gasteiger partial charge in [0.15, 0.2) is 0 Å². The van der Waals surface area contributed by atoms with Gasteiger partial charge in [0.05, 0.1) is 0 Å². The second-order valence-electron chi connectivity index (χ2n) is 8.34. The summed E-state index contributed by atoms with van der Waals surface area (Å²) in [5.74, 6) is -0.761. The number of amides is 3. The van der Waals surface area contributed by atoms with Crippen LogP contribution in [0, 0.1) is 6.92 Å². The third kappa shape index (κ3) is 5.13. The number of rotatable bonds is 6.